The van der Waals surface area contributed by atoms with Crippen molar-refractivity contribution in [2.75, 3.05) is 13.7 Å². The average molecular weight is 398 g/mol. The molecular formula is C21H23N3O3S. The number of ether oxygens (including phenoxy) is 2. The van der Waals surface area contributed by atoms with Gasteiger partial charge < -0.3 is 9.47 Å². The van der Waals surface area contributed by atoms with Crippen LogP contribution in [0.5, 0.6) is 11.5 Å². The Labute approximate surface area is 168 Å². The molecule has 1 aromatic heterocycles. The Balaban J connectivity index is 1.62. The van der Waals surface area contributed by atoms with Crippen molar-refractivity contribution in [3.8, 4) is 17.6 Å². The van der Waals surface area contributed by atoms with Crippen LogP contribution in [0.15, 0.2) is 29.4 Å². The van der Waals surface area contributed by atoms with Gasteiger partial charge in [0, 0.05) is 4.88 Å². The van der Waals surface area contributed by atoms with Crippen molar-refractivity contribution in [2.24, 2.45) is 11.0 Å². The van der Waals surface area contributed by atoms with Gasteiger partial charge in [-0.3, -0.25) is 4.79 Å². The second-order valence-corrected chi connectivity index (χ2v) is 7.77. The van der Waals surface area contributed by atoms with E-state index in [-0.39, 0.29) is 12.5 Å². The lowest BCUT2D eigenvalue weighted by atomic mass is 9.87. The molecule has 0 radical (unpaired) electrons. The molecule has 2 aromatic rings. The SMILES string of the molecule is CC[C@@H]1CCc2sc(C(=O)N/N=C\c3ccc(OCC#N)c(OC)c3)cc2C1. The van der Waals surface area contributed by atoms with Crippen LogP contribution in [-0.4, -0.2) is 25.8 Å². The summed E-state index contributed by atoms with van der Waals surface area (Å²) in [6.45, 7) is 2.17. The van der Waals surface area contributed by atoms with Gasteiger partial charge in [-0.05, 0) is 60.6 Å². The first kappa shape index (κ1) is 19.9. The Bertz CT molecular complexity index is 914. The number of nitrogens with zero attached hydrogens (tertiary/aromatic N) is 2. The van der Waals surface area contributed by atoms with Crippen molar-refractivity contribution in [1.29, 1.82) is 5.26 Å². The zero-order valence-electron chi connectivity index (χ0n) is 16.0. The largest absolute Gasteiger partial charge is 0.493 e. The molecule has 0 unspecified atom stereocenters. The van der Waals surface area contributed by atoms with E-state index in [2.05, 4.69) is 17.5 Å². The molecule has 0 saturated heterocycles. The molecule has 1 aliphatic rings. The summed E-state index contributed by atoms with van der Waals surface area (Å²) in [6.07, 6.45) is 6.08. The number of carbonyl (C=O) groups excluding carboxylic acids is 1. The molecule has 6 nitrogen and oxygen atoms in total. The van der Waals surface area contributed by atoms with Crippen LogP contribution in [0.4, 0.5) is 0 Å². The minimum atomic E-state index is -0.190. The van der Waals surface area contributed by atoms with E-state index in [1.165, 1.54) is 30.4 Å². The molecule has 1 N–H and O–H groups in total. The fourth-order valence-electron chi connectivity index (χ4n) is 3.27. The highest BCUT2D eigenvalue weighted by Crippen LogP contribution is 2.33. The lowest BCUT2D eigenvalue weighted by Gasteiger charge is -2.19. The Kier molecular flexibility index (Phi) is 6.66. The van der Waals surface area contributed by atoms with Gasteiger partial charge in [-0.15, -0.1) is 11.3 Å². The number of nitrogens with one attached hydrogen (secondary N) is 1. The van der Waals surface area contributed by atoms with E-state index in [0.29, 0.717) is 16.4 Å². The molecule has 3 rings (SSSR count). The number of methoxy groups -OCH3 is 1. The molecule has 1 aromatic carbocycles. The number of aryl methyl sites for hydroxylation is 1. The molecule has 0 aliphatic heterocycles. The summed E-state index contributed by atoms with van der Waals surface area (Å²) in [5, 5.41) is 12.7. The first-order chi connectivity index (χ1) is 13.6. The fourth-order valence-corrected chi connectivity index (χ4v) is 4.37. The Morgan fingerprint density at radius 2 is 2.29 bits per heavy atom. The van der Waals surface area contributed by atoms with Crippen LogP contribution in [-0.2, 0) is 12.8 Å². The normalized spacial score (nSPS) is 15.7. The average Bonchev–Trinajstić information content (AvgIpc) is 3.15. The van der Waals surface area contributed by atoms with Crippen LogP contribution in [0.2, 0.25) is 0 Å². The predicted molar refractivity (Wildman–Crippen MR) is 109 cm³/mol. The van der Waals surface area contributed by atoms with Crippen molar-refractivity contribution in [1.82, 2.24) is 5.43 Å². The van der Waals surface area contributed by atoms with Gasteiger partial charge >= 0.3 is 0 Å². The van der Waals surface area contributed by atoms with Crippen molar-refractivity contribution in [3.63, 3.8) is 0 Å². The minimum Gasteiger partial charge on any atom is -0.493 e. The highest BCUT2D eigenvalue weighted by molar-refractivity contribution is 7.14. The maximum atomic E-state index is 12.4. The molecule has 1 heterocycles. The third-order valence-electron chi connectivity index (χ3n) is 4.85. The van der Waals surface area contributed by atoms with Gasteiger partial charge in [-0.2, -0.15) is 10.4 Å². The molecule has 0 fully saturated rings. The molecule has 146 valence electrons. The zero-order chi connectivity index (χ0) is 19.9. The van der Waals surface area contributed by atoms with Gasteiger partial charge in [-0.25, -0.2) is 5.43 Å². The molecule has 28 heavy (non-hydrogen) atoms. The van der Waals surface area contributed by atoms with Gasteiger partial charge in [0.15, 0.2) is 18.1 Å². The Morgan fingerprint density at radius 1 is 1.43 bits per heavy atom. The van der Waals surface area contributed by atoms with Gasteiger partial charge in [0.2, 0.25) is 0 Å². The maximum Gasteiger partial charge on any atom is 0.281 e. The van der Waals surface area contributed by atoms with Crippen molar-refractivity contribution in [3.05, 3.63) is 45.1 Å². The first-order valence-electron chi connectivity index (χ1n) is 9.27. The summed E-state index contributed by atoms with van der Waals surface area (Å²) in [5.74, 6) is 1.53. The number of hydrogen-bond acceptors (Lipinski definition) is 6. The monoisotopic (exact) mass is 397 g/mol. The molecule has 0 spiro atoms. The number of benzene rings is 1. The third-order valence-corrected chi connectivity index (χ3v) is 6.08. The molecule has 1 aliphatic carbocycles. The van der Waals surface area contributed by atoms with Gasteiger partial charge in [-0.1, -0.05) is 13.3 Å². The highest BCUT2D eigenvalue weighted by atomic mass is 32.1. The van der Waals surface area contributed by atoms with Crippen LogP contribution >= 0.6 is 11.3 Å². The first-order valence-corrected chi connectivity index (χ1v) is 10.1. The standard InChI is InChI=1S/C21H23N3O3S/c1-3-14-5-7-19-16(10-14)12-20(28-19)21(25)24-23-13-15-4-6-17(27-9-8-22)18(11-15)26-2/h4,6,11-14H,3,5,7,9-10H2,1-2H3,(H,24,25)/b23-13-/t14-/m1/s1. The molecule has 0 bridgehead atoms. The summed E-state index contributed by atoms with van der Waals surface area (Å²) < 4.78 is 10.6. The van der Waals surface area contributed by atoms with Crippen LogP contribution in [0.25, 0.3) is 0 Å². The number of nitriles is 1. The van der Waals surface area contributed by atoms with Gasteiger partial charge in [0.05, 0.1) is 18.2 Å². The summed E-state index contributed by atoms with van der Waals surface area (Å²) in [6, 6.07) is 9.14. The van der Waals surface area contributed by atoms with Crippen LogP contribution < -0.4 is 14.9 Å². The summed E-state index contributed by atoms with van der Waals surface area (Å²) in [7, 11) is 1.53. The van der Waals surface area contributed by atoms with E-state index in [4.69, 9.17) is 14.7 Å². The number of carbonyl (C=O) groups is 1. The maximum absolute atomic E-state index is 12.4. The number of hydrogen-bond donors (Lipinski definition) is 1. The lowest BCUT2D eigenvalue weighted by molar-refractivity contribution is 0.0959. The second-order valence-electron chi connectivity index (χ2n) is 6.63. The topological polar surface area (TPSA) is 83.7 Å². The van der Waals surface area contributed by atoms with Crippen molar-refractivity contribution in [2.45, 2.75) is 32.6 Å². The summed E-state index contributed by atoms with van der Waals surface area (Å²) >= 11 is 1.57. The molecular weight excluding hydrogens is 374 g/mol. The Morgan fingerprint density at radius 3 is 3.04 bits per heavy atom. The van der Waals surface area contributed by atoms with Crippen LogP contribution in [0.1, 0.15) is 45.4 Å². The third kappa shape index (κ3) is 4.70. The van der Waals surface area contributed by atoms with E-state index in [9.17, 15) is 4.79 Å². The number of thiophene rings is 1. The molecule has 0 saturated carbocycles. The van der Waals surface area contributed by atoms with E-state index in [1.54, 1.807) is 35.8 Å². The van der Waals surface area contributed by atoms with Crippen molar-refractivity contribution < 1.29 is 14.3 Å². The second kappa shape index (κ2) is 9.38. The van der Waals surface area contributed by atoms with E-state index in [0.717, 1.165) is 24.3 Å². The molecule has 1 atom stereocenters. The quantitative estimate of drug-likeness (QED) is 0.567. The number of rotatable bonds is 7. The lowest BCUT2D eigenvalue weighted by Crippen LogP contribution is -2.16. The smallest absolute Gasteiger partial charge is 0.281 e. The fraction of sp³-hybridized carbons (Fsp3) is 0.381. The summed E-state index contributed by atoms with van der Waals surface area (Å²) in [5.41, 5.74) is 4.66. The predicted octanol–water partition coefficient (Wildman–Crippen LogP) is 3.94. The van der Waals surface area contributed by atoms with E-state index < -0.39 is 0 Å². The van der Waals surface area contributed by atoms with Crippen molar-refractivity contribution >= 4 is 23.5 Å². The van der Waals surface area contributed by atoms with Crippen LogP contribution in [0.3, 0.4) is 0 Å². The van der Waals surface area contributed by atoms with E-state index >= 15 is 0 Å². The number of amides is 1. The zero-order valence-corrected chi connectivity index (χ0v) is 16.8. The minimum absolute atomic E-state index is 0.0519. The van der Waals surface area contributed by atoms with Gasteiger partial charge in [0.25, 0.3) is 5.91 Å². The highest BCUT2D eigenvalue weighted by Gasteiger charge is 2.21. The molecule has 7 heteroatoms. The Hall–Kier alpha value is -2.85. The summed E-state index contributed by atoms with van der Waals surface area (Å²) in [4.78, 5) is 14.4. The molecule has 1 amide bonds. The van der Waals surface area contributed by atoms with E-state index in [1.807, 2.05) is 12.1 Å². The number of fused-ring (bicyclic) bond motifs is 1. The number of hydrazone groups is 1. The van der Waals surface area contributed by atoms with Crippen LogP contribution in [0, 0.1) is 17.2 Å². The van der Waals surface area contributed by atoms with Gasteiger partial charge in [0.1, 0.15) is 6.07 Å².